The molecule has 216 valence electrons. The van der Waals surface area contributed by atoms with Crippen molar-refractivity contribution in [2.75, 3.05) is 13.2 Å². The molecule has 0 fully saturated rings. The zero-order valence-corrected chi connectivity index (χ0v) is 27.0. The molecule has 0 saturated heterocycles. The van der Waals surface area contributed by atoms with E-state index in [-0.39, 0.29) is 10.8 Å². The monoisotopic (exact) mass is 538 g/mol. The van der Waals surface area contributed by atoms with Gasteiger partial charge in [-0.25, -0.2) is 0 Å². The van der Waals surface area contributed by atoms with Gasteiger partial charge in [0.1, 0.15) is 0 Å². The molecule has 2 rings (SSSR count). The summed E-state index contributed by atoms with van der Waals surface area (Å²) in [7, 11) is 0. The van der Waals surface area contributed by atoms with Crippen molar-refractivity contribution in [1.82, 2.24) is 0 Å². The topological polar surface area (TPSA) is 9.23 Å². The van der Waals surface area contributed by atoms with E-state index in [9.17, 15) is 0 Å². The molecule has 0 aromatic rings. The third-order valence-corrected chi connectivity index (χ3v) is 7.80. The van der Waals surface area contributed by atoms with E-state index in [0.717, 1.165) is 13.2 Å². The maximum absolute atomic E-state index is 5.70. The zero-order valence-electron chi connectivity index (χ0n) is 27.0. The summed E-state index contributed by atoms with van der Waals surface area (Å²) in [4.78, 5) is 0. The van der Waals surface area contributed by atoms with Crippen LogP contribution in [0, 0.1) is 10.8 Å². The third kappa shape index (κ3) is 11.3. The average molecular weight is 539 g/mol. The number of hydrogen-bond donors (Lipinski definition) is 0. The predicted molar refractivity (Wildman–Crippen MR) is 178 cm³/mol. The minimum Gasteiger partial charge on any atom is -0.376 e. The lowest BCUT2D eigenvalue weighted by atomic mass is 9.72. The second-order valence-electron chi connectivity index (χ2n) is 12.9. The summed E-state index contributed by atoms with van der Waals surface area (Å²) in [5.41, 5.74) is 11.1. The van der Waals surface area contributed by atoms with E-state index in [1.165, 1.54) is 58.3 Å². The van der Waals surface area contributed by atoms with Crippen LogP contribution in [0.25, 0.3) is 0 Å². The van der Waals surface area contributed by atoms with E-state index >= 15 is 0 Å². The van der Waals surface area contributed by atoms with Crippen molar-refractivity contribution in [2.45, 2.75) is 88.5 Å². The summed E-state index contributed by atoms with van der Waals surface area (Å²) in [6.07, 6.45) is 34.3. The number of hydrogen-bond acceptors (Lipinski definition) is 1. The van der Waals surface area contributed by atoms with Gasteiger partial charge < -0.3 is 4.74 Å². The molecule has 0 aromatic carbocycles. The minimum absolute atomic E-state index is 0.0689. The van der Waals surface area contributed by atoms with Crippen LogP contribution in [0.5, 0.6) is 0 Å². The number of ether oxygens (including phenoxy) is 1. The first kappa shape index (κ1) is 33.3. The summed E-state index contributed by atoms with van der Waals surface area (Å²) >= 11 is 0. The highest BCUT2D eigenvalue weighted by Gasteiger charge is 2.27. The van der Waals surface area contributed by atoms with Crippen LogP contribution in [-0.4, -0.2) is 13.2 Å². The SMILES string of the molecule is CC1=C(/C=C/C(C)=C/C=C/C(C)=C/C=C/C=C(C)/C=C/C=C(C)/C=C/C2=C(C)COCC2(C)C)C(C)(C)CCC1. The van der Waals surface area contributed by atoms with Crippen molar-refractivity contribution < 1.29 is 4.74 Å². The van der Waals surface area contributed by atoms with Crippen molar-refractivity contribution in [3.63, 3.8) is 0 Å². The zero-order chi connectivity index (χ0) is 29.8. The molecule has 0 amide bonds. The molecule has 0 spiro atoms. The van der Waals surface area contributed by atoms with Gasteiger partial charge in [0.2, 0.25) is 0 Å². The number of rotatable bonds is 10. The minimum atomic E-state index is 0.0689. The standard InChI is InChI=1S/C39H54O/c1-30(18-13-20-32(3)23-25-36-34(5)22-15-27-38(36,7)8)16-11-12-17-31(2)19-14-21-33(4)24-26-37-35(6)28-40-29-39(37,9)10/h11-14,16-21,23-26H,15,22,27-29H2,1-10H3/b12-11+,18-13+,19-14+,25-23+,26-24+,30-16+,31-17+,32-20+,33-21+. The van der Waals surface area contributed by atoms with Gasteiger partial charge in [0.05, 0.1) is 13.2 Å². The Morgan fingerprint density at radius 3 is 1.52 bits per heavy atom. The highest BCUT2D eigenvalue weighted by atomic mass is 16.5. The molecule has 1 aliphatic heterocycles. The van der Waals surface area contributed by atoms with E-state index < -0.39 is 0 Å². The van der Waals surface area contributed by atoms with E-state index in [4.69, 9.17) is 4.74 Å². The molecule has 0 saturated carbocycles. The van der Waals surface area contributed by atoms with Gasteiger partial charge in [-0.15, -0.1) is 0 Å². The van der Waals surface area contributed by atoms with Crippen molar-refractivity contribution in [3.8, 4) is 0 Å². The molecule has 0 radical (unpaired) electrons. The van der Waals surface area contributed by atoms with Gasteiger partial charge in [-0.2, -0.15) is 0 Å². The van der Waals surface area contributed by atoms with Gasteiger partial charge in [0, 0.05) is 5.41 Å². The van der Waals surface area contributed by atoms with Gasteiger partial charge in [-0.1, -0.05) is 141 Å². The Balaban J connectivity index is 1.89. The Hall–Kier alpha value is -2.90. The second-order valence-corrected chi connectivity index (χ2v) is 12.9. The van der Waals surface area contributed by atoms with Gasteiger partial charge >= 0.3 is 0 Å². The van der Waals surface area contributed by atoms with Crippen LogP contribution in [0.2, 0.25) is 0 Å². The molecule has 0 atom stereocenters. The Labute approximate surface area is 246 Å². The van der Waals surface area contributed by atoms with Crippen LogP contribution in [0.3, 0.4) is 0 Å². The molecule has 1 aliphatic carbocycles. The Kier molecular flexibility index (Phi) is 13.1. The quantitative estimate of drug-likeness (QED) is 0.251. The van der Waals surface area contributed by atoms with Gasteiger partial charge in [-0.05, 0) is 82.9 Å². The predicted octanol–water partition coefficient (Wildman–Crippen LogP) is 11.5. The summed E-state index contributed by atoms with van der Waals surface area (Å²) in [5, 5.41) is 0. The highest BCUT2D eigenvalue weighted by molar-refractivity contribution is 5.39. The van der Waals surface area contributed by atoms with Crippen molar-refractivity contribution in [1.29, 1.82) is 0 Å². The molecule has 1 heterocycles. The van der Waals surface area contributed by atoms with Crippen molar-refractivity contribution in [2.24, 2.45) is 10.8 Å². The van der Waals surface area contributed by atoms with E-state index in [1.54, 1.807) is 5.57 Å². The molecule has 1 heteroatoms. The van der Waals surface area contributed by atoms with Crippen molar-refractivity contribution >= 4 is 0 Å². The van der Waals surface area contributed by atoms with Gasteiger partial charge in [0.15, 0.2) is 0 Å². The van der Waals surface area contributed by atoms with Crippen LogP contribution in [0.15, 0.2) is 130 Å². The largest absolute Gasteiger partial charge is 0.376 e. The second kappa shape index (κ2) is 15.8. The summed E-state index contributed by atoms with van der Waals surface area (Å²) in [6.45, 7) is 23.8. The van der Waals surface area contributed by atoms with Crippen LogP contribution in [0.1, 0.15) is 88.5 Å². The molecule has 40 heavy (non-hydrogen) atoms. The fourth-order valence-corrected chi connectivity index (χ4v) is 5.34. The fraction of sp³-hybridized carbons (Fsp3) is 0.436. The normalized spacial score (nSPS) is 21.9. The van der Waals surface area contributed by atoms with Crippen LogP contribution in [0.4, 0.5) is 0 Å². The third-order valence-electron chi connectivity index (χ3n) is 7.80. The molecular weight excluding hydrogens is 484 g/mol. The molecule has 2 aliphatic rings. The maximum atomic E-state index is 5.70. The Bertz CT molecular complexity index is 1120. The van der Waals surface area contributed by atoms with Gasteiger partial charge in [0.25, 0.3) is 0 Å². The Morgan fingerprint density at radius 2 is 1.05 bits per heavy atom. The smallest absolute Gasteiger partial charge is 0.0680 e. The lowest BCUT2D eigenvalue weighted by Crippen LogP contribution is -2.27. The molecule has 0 aromatic heterocycles. The van der Waals surface area contributed by atoms with Crippen molar-refractivity contribution in [3.05, 3.63) is 130 Å². The lowest BCUT2D eigenvalue weighted by molar-refractivity contribution is 0.0786. The first-order valence-corrected chi connectivity index (χ1v) is 14.9. The summed E-state index contributed by atoms with van der Waals surface area (Å²) < 4.78 is 5.70. The lowest BCUT2D eigenvalue weighted by Gasteiger charge is -2.32. The van der Waals surface area contributed by atoms with Crippen LogP contribution in [-0.2, 0) is 4.74 Å². The molecule has 0 bridgehead atoms. The summed E-state index contributed by atoms with van der Waals surface area (Å²) in [6, 6.07) is 0. The van der Waals surface area contributed by atoms with Gasteiger partial charge in [-0.3, -0.25) is 0 Å². The van der Waals surface area contributed by atoms with Crippen LogP contribution < -0.4 is 0 Å². The molecular formula is C39H54O. The first-order valence-electron chi connectivity index (χ1n) is 14.9. The Morgan fingerprint density at radius 1 is 0.600 bits per heavy atom. The molecule has 0 unspecified atom stereocenters. The van der Waals surface area contributed by atoms with E-state index in [2.05, 4.69) is 154 Å². The average Bonchev–Trinajstić information content (AvgIpc) is 2.85. The fourth-order valence-electron chi connectivity index (χ4n) is 5.34. The number of allylic oxidation sites excluding steroid dienone is 20. The van der Waals surface area contributed by atoms with Crippen LogP contribution >= 0.6 is 0 Å². The highest BCUT2D eigenvalue weighted by Crippen LogP contribution is 2.40. The summed E-state index contributed by atoms with van der Waals surface area (Å²) in [5.74, 6) is 0. The maximum Gasteiger partial charge on any atom is 0.0680 e. The molecule has 0 N–H and O–H groups in total. The van der Waals surface area contributed by atoms with E-state index in [1.807, 2.05) is 0 Å². The first-order chi connectivity index (χ1) is 18.8. The van der Waals surface area contributed by atoms with E-state index in [0.29, 0.717) is 0 Å². The molecule has 1 nitrogen and oxygen atoms in total.